The van der Waals surface area contributed by atoms with E-state index >= 15 is 0 Å². The molecule has 164 valence electrons. The molecule has 0 aliphatic carbocycles. The smallest absolute Gasteiger partial charge is 0.270 e. The molecule has 0 spiro atoms. The van der Waals surface area contributed by atoms with Crippen LogP contribution in [0.4, 0.5) is 5.69 Å². The van der Waals surface area contributed by atoms with Gasteiger partial charge in [0.25, 0.3) is 5.91 Å². The zero-order valence-corrected chi connectivity index (χ0v) is 21.6. The van der Waals surface area contributed by atoms with Crippen LogP contribution in [-0.2, 0) is 11.3 Å². The number of hydrogen-bond donors (Lipinski definition) is 0. The molecule has 0 bridgehead atoms. The number of halogens is 2. The largest absolute Gasteiger partial charge is 0.342 e. The van der Waals surface area contributed by atoms with Crippen LogP contribution in [0, 0.1) is 6.92 Å². The van der Waals surface area contributed by atoms with Crippen molar-refractivity contribution in [2.24, 2.45) is 0 Å². The second-order valence-corrected chi connectivity index (χ2v) is 10.8. The van der Waals surface area contributed by atoms with Gasteiger partial charge in [0, 0.05) is 33.7 Å². The Bertz CT molecular complexity index is 1440. The number of carbonyl (C=O) groups is 1. The maximum atomic E-state index is 13.3. The van der Waals surface area contributed by atoms with Gasteiger partial charge in [0.05, 0.1) is 15.6 Å². The van der Waals surface area contributed by atoms with Gasteiger partial charge in [0.2, 0.25) is 0 Å². The van der Waals surface area contributed by atoms with Gasteiger partial charge >= 0.3 is 0 Å². The maximum absolute atomic E-state index is 13.3. The van der Waals surface area contributed by atoms with Crippen LogP contribution in [0.1, 0.15) is 16.7 Å². The Morgan fingerprint density at radius 3 is 2.61 bits per heavy atom. The topological polar surface area (TPSA) is 25.2 Å². The number of amides is 1. The number of rotatable bonds is 4. The summed E-state index contributed by atoms with van der Waals surface area (Å²) in [4.78, 5) is 15.4. The molecule has 0 radical (unpaired) electrons. The molecule has 0 saturated carbocycles. The average molecular weight is 554 g/mol. The normalized spacial score (nSPS) is 15.2. The van der Waals surface area contributed by atoms with Gasteiger partial charge in [0.1, 0.15) is 0 Å². The first-order chi connectivity index (χ1) is 15.9. The Labute approximate surface area is 215 Å². The van der Waals surface area contributed by atoms with Crippen LogP contribution in [0.25, 0.3) is 17.0 Å². The lowest BCUT2D eigenvalue weighted by Gasteiger charge is -2.15. The highest BCUT2D eigenvalue weighted by Crippen LogP contribution is 2.39. The van der Waals surface area contributed by atoms with Crippen LogP contribution in [0.2, 0.25) is 5.02 Å². The third kappa shape index (κ3) is 4.41. The number of thiocarbonyl (C=S) groups is 1. The number of anilines is 1. The molecule has 5 rings (SSSR count). The molecule has 0 N–H and O–H groups in total. The molecule has 1 aliphatic heterocycles. The summed E-state index contributed by atoms with van der Waals surface area (Å²) >= 11 is 16.5. The first kappa shape index (κ1) is 22.4. The minimum absolute atomic E-state index is 0.140. The van der Waals surface area contributed by atoms with Gasteiger partial charge in [-0.1, -0.05) is 83.6 Å². The van der Waals surface area contributed by atoms with Crippen molar-refractivity contribution in [3.05, 3.63) is 104 Å². The monoisotopic (exact) mass is 552 g/mol. The highest BCUT2D eigenvalue weighted by molar-refractivity contribution is 9.10. The summed E-state index contributed by atoms with van der Waals surface area (Å²) < 4.78 is 3.49. The SMILES string of the molecule is Cc1ccc(Cn2cc(/C=C3\SC(=S)N(c4ccc(Br)c(Cl)c4)C3=O)c3ccccc32)cc1. The second-order valence-electron chi connectivity index (χ2n) is 7.83. The number of para-hydroxylation sites is 1. The van der Waals surface area contributed by atoms with Crippen molar-refractivity contribution in [2.45, 2.75) is 13.5 Å². The number of benzene rings is 3. The number of nitrogens with zero attached hydrogens (tertiary/aromatic N) is 2. The van der Waals surface area contributed by atoms with Crippen LogP contribution < -0.4 is 4.90 Å². The average Bonchev–Trinajstić information content (AvgIpc) is 3.28. The zero-order chi connectivity index (χ0) is 23.1. The molecule has 0 unspecified atom stereocenters. The molecule has 1 aromatic heterocycles. The number of aromatic nitrogens is 1. The van der Waals surface area contributed by atoms with Crippen molar-refractivity contribution >= 4 is 84.4 Å². The predicted octanol–water partition coefficient (Wildman–Crippen LogP) is 7.82. The van der Waals surface area contributed by atoms with Gasteiger partial charge in [-0.25, -0.2) is 0 Å². The molecule has 2 heterocycles. The number of hydrogen-bond acceptors (Lipinski definition) is 3. The molecule has 4 aromatic rings. The van der Waals surface area contributed by atoms with Gasteiger partial charge in [0.15, 0.2) is 4.32 Å². The maximum Gasteiger partial charge on any atom is 0.270 e. The summed E-state index contributed by atoms with van der Waals surface area (Å²) in [6.07, 6.45) is 4.04. The van der Waals surface area contributed by atoms with Gasteiger partial charge in [-0.2, -0.15) is 0 Å². The summed E-state index contributed by atoms with van der Waals surface area (Å²) in [5.74, 6) is -0.140. The van der Waals surface area contributed by atoms with Crippen LogP contribution in [0.3, 0.4) is 0 Å². The van der Waals surface area contributed by atoms with Crippen molar-refractivity contribution in [3.8, 4) is 0 Å². The van der Waals surface area contributed by atoms with E-state index in [1.54, 1.807) is 6.07 Å². The van der Waals surface area contributed by atoms with Crippen LogP contribution in [0.5, 0.6) is 0 Å². The summed E-state index contributed by atoms with van der Waals surface area (Å²) in [6, 6.07) is 22.2. The Kier molecular flexibility index (Phi) is 6.18. The van der Waals surface area contributed by atoms with E-state index in [1.807, 2.05) is 30.3 Å². The number of carbonyl (C=O) groups excluding carboxylic acids is 1. The lowest BCUT2D eigenvalue weighted by molar-refractivity contribution is -0.113. The van der Waals surface area contributed by atoms with Gasteiger partial charge < -0.3 is 4.57 Å². The number of aryl methyl sites for hydroxylation is 1. The third-order valence-corrected chi connectivity index (χ3v) is 8.07. The summed E-state index contributed by atoms with van der Waals surface area (Å²) in [6.45, 7) is 2.85. The lowest BCUT2D eigenvalue weighted by atomic mass is 10.1. The van der Waals surface area contributed by atoms with Gasteiger partial charge in [-0.05, 0) is 58.8 Å². The van der Waals surface area contributed by atoms with Crippen molar-refractivity contribution in [2.75, 3.05) is 4.90 Å². The Morgan fingerprint density at radius 1 is 1.09 bits per heavy atom. The molecular formula is C26H18BrClN2OS2. The molecule has 1 saturated heterocycles. The summed E-state index contributed by atoms with van der Waals surface area (Å²) in [5.41, 5.74) is 5.25. The van der Waals surface area contributed by atoms with Crippen LogP contribution in [-0.4, -0.2) is 14.8 Å². The minimum Gasteiger partial charge on any atom is -0.342 e. The van der Waals surface area contributed by atoms with E-state index in [4.69, 9.17) is 23.8 Å². The van der Waals surface area contributed by atoms with Gasteiger partial charge in [-0.15, -0.1) is 0 Å². The number of fused-ring (bicyclic) bond motifs is 1. The van der Waals surface area contributed by atoms with Gasteiger partial charge in [-0.3, -0.25) is 9.69 Å². The second kappa shape index (κ2) is 9.11. The summed E-state index contributed by atoms with van der Waals surface area (Å²) in [5, 5.41) is 1.63. The highest BCUT2D eigenvalue weighted by Gasteiger charge is 2.33. The molecular weight excluding hydrogens is 536 g/mol. The van der Waals surface area contributed by atoms with Crippen molar-refractivity contribution in [3.63, 3.8) is 0 Å². The molecule has 1 fully saturated rings. The first-order valence-electron chi connectivity index (χ1n) is 10.3. The molecule has 0 atom stereocenters. The fourth-order valence-corrected chi connectivity index (χ4v) is 5.58. The predicted molar refractivity (Wildman–Crippen MR) is 147 cm³/mol. The van der Waals surface area contributed by atoms with Crippen LogP contribution in [0.15, 0.2) is 82.3 Å². The van der Waals surface area contributed by atoms with Crippen molar-refractivity contribution in [1.29, 1.82) is 0 Å². The van der Waals surface area contributed by atoms with E-state index in [2.05, 4.69) is 70.0 Å². The van der Waals surface area contributed by atoms with E-state index in [-0.39, 0.29) is 5.91 Å². The van der Waals surface area contributed by atoms with Crippen molar-refractivity contribution in [1.82, 2.24) is 4.57 Å². The molecule has 3 nitrogen and oxygen atoms in total. The zero-order valence-electron chi connectivity index (χ0n) is 17.6. The fraction of sp³-hybridized carbons (Fsp3) is 0.0769. The molecule has 1 aliphatic rings. The van der Waals surface area contributed by atoms with E-state index in [0.717, 1.165) is 27.5 Å². The Balaban J connectivity index is 1.51. The molecule has 1 amide bonds. The van der Waals surface area contributed by atoms with E-state index in [1.165, 1.54) is 27.8 Å². The van der Waals surface area contributed by atoms with E-state index in [0.29, 0.717) is 19.9 Å². The standard InChI is InChI=1S/C26H18BrClN2OS2/c1-16-6-8-17(9-7-16)14-29-15-18(20-4-2-3-5-23(20)29)12-24-25(31)30(26(32)33-24)19-10-11-21(27)22(28)13-19/h2-13,15H,14H2,1H3/b24-12-. The molecule has 7 heteroatoms. The highest BCUT2D eigenvalue weighted by atomic mass is 79.9. The van der Waals surface area contributed by atoms with E-state index < -0.39 is 0 Å². The summed E-state index contributed by atoms with van der Waals surface area (Å²) in [7, 11) is 0. The molecule has 33 heavy (non-hydrogen) atoms. The van der Waals surface area contributed by atoms with Crippen LogP contribution >= 0.6 is 51.5 Å². The fourth-order valence-electron chi connectivity index (χ4n) is 3.87. The van der Waals surface area contributed by atoms with E-state index in [9.17, 15) is 4.79 Å². The third-order valence-electron chi connectivity index (χ3n) is 5.53. The molecule has 3 aromatic carbocycles. The quantitative estimate of drug-likeness (QED) is 0.190. The number of thioether (sulfide) groups is 1. The Hall–Kier alpha value is -2.38. The minimum atomic E-state index is -0.140. The Morgan fingerprint density at radius 2 is 1.85 bits per heavy atom. The lowest BCUT2D eigenvalue weighted by Crippen LogP contribution is -2.27. The first-order valence-corrected chi connectivity index (χ1v) is 12.7. The van der Waals surface area contributed by atoms with Crippen molar-refractivity contribution < 1.29 is 4.79 Å².